The van der Waals surface area contributed by atoms with E-state index in [9.17, 15) is 4.79 Å². The Morgan fingerprint density at radius 3 is 2.33 bits per heavy atom. The Bertz CT molecular complexity index is 127. The zero-order valence-electron chi connectivity index (χ0n) is 5.66. The minimum absolute atomic E-state index is 0. The van der Waals surface area contributed by atoms with Crippen LogP contribution in [0.5, 0.6) is 0 Å². The first kappa shape index (κ1) is 12.3. The summed E-state index contributed by atoms with van der Waals surface area (Å²) in [6, 6.07) is 0. The smallest absolute Gasteiger partial charge is 0.328 e. The van der Waals surface area contributed by atoms with Gasteiger partial charge in [0.25, 0.3) is 0 Å². The fraction of sp³-hybridized carbons (Fsp3) is 0.167. The quantitative estimate of drug-likeness (QED) is 0.360. The number of allylic oxidation sites excluding steroid dienone is 3. The van der Waals surface area contributed by atoms with Crippen LogP contribution in [-0.4, -0.2) is 62.5 Å². The molecule has 1 radical (unpaired) electrons. The van der Waals surface area contributed by atoms with Gasteiger partial charge >= 0.3 is 5.97 Å². The predicted octanol–water partition coefficient (Wildman–Crippen LogP) is 0.823. The largest absolute Gasteiger partial charge is 0.478 e. The molecular weight excluding hydrogens is 143 g/mol. The molecule has 0 fully saturated rings. The van der Waals surface area contributed by atoms with Gasteiger partial charge in [0.1, 0.15) is 0 Å². The molecule has 0 unspecified atom stereocenters. The summed E-state index contributed by atoms with van der Waals surface area (Å²) < 4.78 is 0. The molecule has 0 spiro atoms. The zero-order chi connectivity index (χ0) is 6.41. The molecule has 0 amide bonds. The van der Waals surface area contributed by atoms with Crippen molar-refractivity contribution in [3.05, 3.63) is 24.3 Å². The topological polar surface area (TPSA) is 37.3 Å². The fourth-order valence-electron chi connectivity index (χ4n) is 0.249. The van der Waals surface area contributed by atoms with Crippen molar-refractivity contribution in [2.75, 3.05) is 0 Å². The molecule has 9 heavy (non-hydrogen) atoms. The van der Waals surface area contributed by atoms with E-state index in [0.717, 1.165) is 6.08 Å². The number of rotatable bonds is 2. The molecule has 1 N–H and O–H groups in total. The summed E-state index contributed by atoms with van der Waals surface area (Å²) in [6.45, 7) is 1.83. The monoisotopic (exact) mass is 151 g/mol. The molecule has 0 aliphatic heterocycles. The van der Waals surface area contributed by atoms with Gasteiger partial charge < -0.3 is 5.11 Å². The molecule has 0 aromatic rings. The van der Waals surface area contributed by atoms with Crippen LogP contribution in [0.25, 0.3) is 0 Å². The molecule has 2 nitrogen and oxygen atoms in total. The van der Waals surface area contributed by atoms with E-state index in [4.69, 9.17) is 5.11 Å². The van der Waals surface area contributed by atoms with Gasteiger partial charge in [-0.2, -0.15) is 0 Å². The third-order valence-electron chi connectivity index (χ3n) is 0.542. The second kappa shape index (κ2) is 8.59. The molecule has 3 heteroatoms. The summed E-state index contributed by atoms with van der Waals surface area (Å²) in [5.41, 5.74) is 0. The van der Waals surface area contributed by atoms with Crippen LogP contribution in [0.3, 0.4) is 0 Å². The van der Waals surface area contributed by atoms with E-state index in [1.165, 1.54) is 6.08 Å². The number of hydrogen-bond acceptors (Lipinski definition) is 1. The first-order valence-corrected chi connectivity index (χ1v) is 2.29. The number of aliphatic carboxylic acids is 1. The Balaban J connectivity index is 0. The SMILES string of the molecule is CC=CC=CC(=O)O.[K]. The van der Waals surface area contributed by atoms with Gasteiger partial charge in [-0.3, -0.25) is 0 Å². The number of carboxylic acids is 1. The summed E-state index contributed by atoms with van der Waals surface area (Å²) in [6.07, 6.45) is 5.98. The van der Waals surface area contributed by atoms with Crippen molar-refractivity contribution in [3.63, 3.8) is 0 Å². The Hall–Kier alpha value is 0.586. The molecule has 0 heterocycles. The Kier molecular flexibility index (Phi) is 11.7. The average Bonchev–Trinajstić information content (AvgIpc) is 1.66. The molecule has 0 rings (SSSR count). The molecule has 0 bridgehead atoms. The van der Waals surface area contributed by atoms with Gasteiger partial charge in [0.2, 0.25) is 0 Å². The van der Waals surface area contributed by atoms with Crippen LogP contribution < -0.4 is 0 Å². The third kappa shape index (κ3) is 11.9. The molecule has 0 saturated carbocycles. The minimum atomic E-state index is -0.914. The van der Waals surface area contributed by atoms with Crippen LogP contribution >= 0.6 is 0 Å². The maximum absolute atomic E-state index is 9.75. The second-order valence-corrected chi connectivity index (χ2v) is 1.22. The van der Waals surface area contributed by atoms with Crippen molar-refractivity contribution in [2.45, 2.75) is 6.92 Å². The van der Waals surface area contributed by atoms with Gasteiger partial charge in [0.05, 0.1) is 0 Å². The number of hydrogen-bond donors (Lipinski definition) is 1. The Labute approximate surface area is 97.1 Å². The summed E-state index contributed by atoms with van der Waals surface area (Å²) in [5.74, 6) is -0.914. The van der Waals surface area contributed by atoms with Crippen LogP contribution in [-0.2, 0) is 4.79 Å². The van der Waals surface area contributed by atoms with Gasteiger partial charge in [0, 0.05) is 57.5 Å². The molecule has 0 aliphatic rings. The molecule has 45 valence electrons. The molecule has 0 aromatic carbocycles. The van der Waals surface area contributed by atoms with E-state index in [1.807, 2.05) is 6.92 Å². The summed E-state index contributed by atoms with van der Waals surface area (Å²) in [4.78, 5) is 9.75. The van der Waals surface area contributed by atoms with Crippen molar-refractivity contribution in [3.8, 4) is 0 Å². The van der Waals surface area contributed by atoms with Gasteiger partial charge in [-0.15, -0.1) is 0 Å². The van der Waals surface area contributed by atoms with Crippen LogP contribution in [0.4, 0.5) is 0 Å². The summed E-state index contributed by atoms with van der Waals surface area (Å²) in [7, 11) is 0. The molecule has 0 atom stereocenters. The van der Waals surface area contributed by atoms with Crippen molar-refractivity contribution < 1.29 is 9.90 Å². The minimum Gasteiger partial charge on any atom is -0.478 e. The van der Waals surface area contributed by atoms with E-state index in [2.05, 4.69) is 0 Å². The van der Waals surface area contributed by atoms with Gasteiger partial charge in [-0.1, -0.05) is 18.2 Å². The molecular formula is C6H8KO2. The molecule has 0 aliphatic carbocycles. The molecule has 0 saturated heterocycles. The maximum Gasteiger partial charge on any atom is 0.328 e. The zero-order valence-corrected chi connectivity index (χ0v) is 8.79. The average molecular weight is 151 g/mol. The van der Waals surface area contributed by atoms with Crippen molar-refractivity contribution >= 4 is 57.4 Å². The predicted molar refractivity (Wildman–Crippen MR) is 37.3 cm³/mol. The van der Waals surface area contributed by atoms with Crippen molar-refractivity contribution in [2.24, 2.45) is 0 Å². The summed E-state index contributed by atoms with van der Waals surface area (Å²) >= 11 is 0. The van der Waals surface area contributed by atoms with Crippen LogP contribution in [0.2, 0.25) is 0 Å². The van der Waals surface area contributed by atoms with Crippen LogP contribution in [0.15, 0.2) is 24.3 Å². The Morgan fingerprint density at radius 2 is 2.00 bits per heavy atom. The standard InChI is InChI=1S/C6H8O2.K/c1-2-3-4-5-6(7)8;/h2-5H,1H3,(H,7,8);. The van der Waals surface area contributed by atoms with Gasteiger partial charge in [-0.25, -0.2) is 4.79 Å². The van der Waals surface area contributed by atoms with Crippen molar-refractivity contribution in [1.29, 1.82) is 0 Å². The summed E-state index contributed by atoms with van der Waals surface area (Å²) in [5, 5.41) is 8.02. The number of carbonyl (C=O) groups is 1. The normalized spacial score (nSPS) is 9.89. The fourth-order valence-corrected chi connectivity index (χ4v) is 0.249. The van der Waals surface area contributed by atoms with E-state index < -0.39 is 5.97 Å². The van der Waals surface area contributed by atoms with E-state index in [0.29, 0.717) is 0 Å². The van der Waals surface area contributed by atoms with E-state index in [-0.39, 0.29) is 51.4 Å². The number of carboxylic acid groups (broad SMARTS) is 1. The second-order valence-electron chi connectivity index (χ2n) is 1.22. The van der Waals surface area contributed by atoms with Gasteiger partial charge in [-0.05, 0) is 6.92 Å². The van der Waals surface area contributed by atoms with Crippen LogP contribution in [0, 0.1) is 0 Å². The maximum atomic E-state index is 9.75. The van der Waals surface area contributed by atoms with E-state index >= 15 is 0 Å². The van der Waals surface area contributed by atoms with Crippen molar-refractivity contribution in [1.82, 2.24) is 0 Å². The molecule has 0 aromatic heterocycles. The first-order valence-electron chi connectivity index (χ1n) is 2.29. The van der Waals surface area contributed by atoms with Gasteiger partial charge in [0.15, 0.2) is 0 Å². The van der Waals surface area contributed by atoms with Crippen LogP contribution in [0.1, 0.15) is 6.92 Å². The van der Waals surface area contributed by atoms with E-state index in [1.54, 1.807) is 12.2 Å². The third-order valence-corrected chi connectivity index (χ3v) is 0.542. The first-order chi connectivity index (χ1) is 3.77. The Morgan fingerprint density at radius 1 is 1.44 bits per heavy atom.